The molecule has 3 unspecified atom stereocenters. The largest absolute Gasteiger partial charge is 0.317 e. The van der Waals surface area contributed by atoms with Crippen molar-refractivity contribution in [3.8, 4) is 0 Å². The second-order valence-electron chi connectivity index (χ2n) is 6.68. The molecule has 1 aliphatic rings. The zero-order valence-corrected chi connectivity index (χ0v) is 13.7. The van der Waals surface area contributed by atoms with E-state index in [0.29, 0.717) is 0 Å². The first-order chi connectivity index (χ1) is 9.31. The Morgan fingerprint density at radius 2 is 1.58 bits per heavy atom. The second-order valence-corrected chi connectivity index (χ2v) is 6.68. The van der Waals surface area contributed by atoms with Crippen molar-refractivity contribution >= 4 is 0 Å². The van der Waals surface area contributed by atoms with E-state index in [1.807, 2.05) is 0 Å². The van der Waals surface area contributed by atoms with Crippen molar-refractivity contribution in [2.45, 2.75) is 96.9 Å². The third-order valence-corrected chi connectivity index (χ3v) is 5.09. The van der Waals surface area contributed by atoms with Crippen LogP contribution in [0.3, 0.4) is 0 Å². The molecule has 0 aromatic heterocycles. The Balaban J connectivity index is 2.19. The molecule has 1 nitrogen and oxygen atoms in total. The van der Waals surface area contributed by atoms with E-state index in [1.165, 1.54) is 77.0 Å². The summed E-state index contributed by atoms with van der Waals surface area (Å²) in [6.45, 7) is 4.64. The molecule has 19 heavy (non-hydrogen) atoms. The summed E-state index contributed by atoms with van der Waals surface area (Å²) in [6, 6.07) is 0.809. The molecule has 0 saturated heterocycles. The molecule has 0 heterocycles. The van der Waals surface area contributed by atoms with Crippen LogP contribution >= 0.6 is 0 Å². The number of hydrogen-bond acceptors (Lipinski definition) is 1. The van der Waals surface area contributed by atoms with Gasteiger partial charge in [-0.3, -0.25) is 0 Å². The van der Waals surface area contributed by atoms with Gasteiger partial charge in [0.25, 0.3) is 0 Å². The Kier molecular flexibility index (Phi) is 9.59. The molecule has 1 saturated carbocycles. The van der Waals surface area contributed by atoms with E-state index < -0.39 is 0 Å². The van der Waals surface area contributed by atoms with Crippen LogP contribution in [0.25, 0.3) is 0 Å². The highest BCUT2D eigenvalue weighted by atomic mass is 14.9. The monoisotopic (exact) mass is 267 g/mol. The summed E-state index contributed by atoms with van der Waals surface area (Å²) in [7, 11) is 2.17. The molecule has 1 aliphatic carbocycles. The zero-order valence-electron chi connectivity index (χ0n) is 13.7. The molecule has 3 atom stereocenters. The average molecular weight is 268 g/mol. The molecule has 0 bridgehead atoms. The highest BCUT2D eigenvalue weighted by Crippen LogP contribution is 2.35. The number of rotatable bonds is 10. The van der Waals surface area contributed by atoms with Crippen LogP contribution in [0.2, 0.25) is 0 Å². The summed E-state index contributed by atoms with van der Waals surface area (Å²) in [4.78, 5) is 0. The number of unbranched alkanes of at least 4 members (excludes halogenated alkanes) is 5. The van der Waals surface area contributed by atoms with E-state index in [9.17, 15) is 0 Å². The van der Waals surface area contributed by atoms with Gasteiger partial charge in [0.1, 0.15) is 0 Å². The average Bonchev–Trinajstić information content (AvgIpc) is 2.43. The summed E-state index contributed by atoms with van der Waals surface area (Å²) >= 11 is 0. The number of hydrogen-bond donors (Lipinski definition) is 1. The van der Waals surface area contributed by atoms with Crippen LogP contribution in [0.5, 0.6) is 0 Å². The van der Waals surface area contributed by atoms with Gasteiger partial charge in [0.05, 0.1) is 0 Å². The summed E-state index contributed by atoms with van der Waals surface area (Å²) < 4.78 is 0. The van der Waals surface area contributed by atoms with Gasteiger partial charge in [0, 0.05) is 6.04 Å². The van der Waals surface area contributed by atoms with E-state index in [4.69, 9.17) is 0 Å². The molecule has 1 fully saturated rings. The van der Waals surface area contributed by atoms with Crippen molar-refractivity contribution in [1.29, 1.82) is 0 Å². The van der Waals surface area contributed by atoms with Crippen LogP contribution < -0.4 is 5.32 Å². The molecular formula is C18H37N. The zero-order chi connectivity index (χ0) is 13.9. The lowest BCUT2D eigenvalue weighted by atomic mass is 9.74. The summed E-state index contributed by atoms with van der Waals surface area (Å²) in [5.74, 6) is 1.99. The highest BCUT2D eigenvalue weighted by molar-refractivity contribution is 4.83. The van der Waals surface area contributed by atoms with Crippen LogP contribution in [0.1, 0.15) is 90.9 Å². The lowest BCUT2D eigenvalue weighted by molar-refractivity contribution is 0.188. The van der Waals surface area contributed by atoms with Gasteiger partial charge in [-0.2, -0.15) is 0 Å². The van der Waals surface area contributed by atoms with Gasteiger partial charge in [0.15, 0.2) is 0 Å². The first-order valence-corrected chi connectivity index (χ1v) is 8.99. The minimum Gasteiger partial charge on any atom is -0.317 e. The quantitative estimate of drug-likeness (QED) is 0.512. The van der Waals surface area contributed by atoms with Crippen LogP contribution in [0.15, 0.2) is 0 Å². The van der Waals surface area contributed by atoms with Crippen LogP contribution in [-0.4, -0.2) is 13.1 Å². The summed E-state index contributed by atoms with van der Waals surface area (Å²) in [5, 5.41) is 3.58. The maximum Gasteiger partial charge on any atom is 0.00925 e. The summed E-state index contributed by atoms with van der Waals surface area (Å²) in [5.41, 5.74) is 0. The minimum absolute atomic E-state index is 0.809. The maximum absolute atomic E-state index is 3.58. The van der Waals surface area contributed by atoms with Gasteiger partial charge in [0.2, 0.25) is 0 Å². The first kappa shape index (κ1) is 17.0. The van der Waals surface area contributed by atoms with E-state index in [1.54, 1.807) is 0 Å². The van der Waals surface area contributed by atoms with Gasteiger partial charge in [-0.05, 0) is 44.6 Å². The molecule has 0 aromatic rings. The Morgan fingerprint density at radius 1 is 0.842 bits per heavy atom. The van der Waals surface area contributed by atoms with Gasteiger partial charge in [-0.15, -0.1) is 0 Å². The van der Waals surface area contributed by atoms with Crippen molar-refractivity contribution in [3.63, 3.8) is 0 Å². The van der Waals surface area contributed by atoms with Crippen molar-refractivity contribution < 1.29 is 0 Å². The molecule has 0 aromatic carbocycles. The van der Waals surface area contributed by atoms with Crippen molar-refractivity contribution in [2.75, 3.05) is 7.05 Å². The molecule has 1 N–H and O–H groups in total. The van der Waals surface area contributed by atoms with Crippen molar-refractivity contribution in [3.05, 3.63) is 0 Å². The van der Waals surface area contributed by atoms with Crippen molar-refractivity contribution in [2.24, 2.45) is 11.8 Å². The Morgan fingerprint density at radius 3 is 2.26 bits per heavy atom. The molecular weight excluding hydrogens is 230 g/mol. The standard InChI is InChI=1S/C18H37N/c1-4-6-7-8-9-10-12-17-15-16(11-5-2)13-14-18(17)19-3/h16-19H,4-15H2,1-3H3. The summed E-state index contributed by atoms with van der Waals surface area (Å²) in [6.07, 6.45) is 17.3. The molecule has 1 rings (SSSR count). The van der Waals surface area contributed by atoms with Crippen LogP contribution in [0.4, 0.5) is 0 Å². The molecule has 1 heteroatoms. The first-order valence-electron chi connectivity index (χ1n) is 8.99. The fourth-order valence-electron chi connectivity index (χ4n) is 3.92. The predicted octanol–water partition coefficient (Wildman–Crippen LogP) is 5.54. The van der Waals surface area contributed by atoms with Crippen LogP contribution in [-0.2, 0) is 0 Å². The lowest BCUT2D eigenvalue weighted by Gasteiger charge is -2.36. The van der Waals surface area contributed by atoms with Crippen molar-refractivity contribution in [1.82, 2.24) is 5.32 Å². The molecule has 0 amide bonds. The van der Waals surface area contributed by atoms with E-state index in [2.05, 4.69) is 26.2 Å². The normalized spacial score (nSPS) is 27.6. The molecule has 114 valence electrons. The van der Waals surface area contributed by atoms with Gasteiger partial charge in [-0.1, -0.05) is 65.2 Å². The highest BCUT2D eigenvalue weighted by Gasteiger charge is 2.28. The maximum atomic E-state index is 3.58. The molecule has 0 aliphatic heterocycles. The minimum atomic E-state index is 0.809. The van der Waals surface area contributed by atoms with E-state index in [0.717, 1.165) is 17.9 Å². The second kappa shape index (κ2) is 10.7. The lowest BCUT2D eigenvalue weighted by Crippen LogP contribution is -2.38. The third-order valence-electron chi connectivity index (χ3n) is 5.09. The topological polar surface area (TPSA) is 12.0 Å². The van der Waals surface area contributed by atoms with E-state index >= 15 is 0 Å². The van der Waals surface area contributed by atoms with Gasteiger partial charge < -0.3 is 5.32 Å². The van der Waals surface area contributed by atoms with Gasteiger partial charge >= 0.3 is 0 Å². The Labute approximate surface area is 121 Å². The van der Waals surface area contributed by atoms with Crippen LogP contribution in [0, 0.1) is 11.8 Å². The van der Waals surface area contributed by atoms with Gasteiger partial charge in [-0.25, -0.2) is 0 Å². The Hall–Kier alpha value is -0.0400. The predicted molar refractivity (Wildman–Crippen MR) is 86.6 cm³/mol. The molecule has 0 radical (unpaired) electrons. The SMILES string of the molecule is CCCCCCCCC1CC(CCC)CCC1NC. The smallest absolute Gasteiger partial charge is 0.00925 e. The number of nitrogens with one attached hydrogen (secondary N) is 1. The fraction of sp³-hybridized carbons (Fsp3) is 1.00. The molecule has 0 spiro atoms. The fourth-order valence-corrected chi connectivity index (χ4v) is 3.92. The Bertz CT molecular complexity index is 202. The third kappa shape index (κ3) is 6.79. The van der Waals surface area contributed by atoms with E-state index in [-0.39, 0.29) is 0 Å².